The normalized spacial score (nSPS) is 21.9. The van der Waals surface area contributed by atoms with Gasteiger partial charge in [0.05, 0.1) is 11.1 Å². The Bertz CT molecular complexity index is 537. The fourth-order valence-corrected chi connectivity index (χ4v) is 2.56. The Kier molecular flexibility index (Phi) is 1.73. The first-order chi connectivity index (χ1) is 7.50. The molecule has 16 heavy (non-hydrogen) atoms. The topological polar surface area (TPSA) is 41.8 Å². The first kappa shape index (κ1) is 9.78. The van der Waals surface area contributed by atoms with Gasteiger partial charge in [0, 0.05) is 19.0 Å². The van der Waals surface area contributed by atoms with Crippen molar-refractivity contribution in [1.29, 1.82) is 0 Å². The van der Waals surface area contributed by atoms with Gasteiger partial charge in [0.15, 0.2) is 0 Å². The van der Waals surface area contributed by atoms with Crippen molar-refractivity contribution in [1.82, 2.24) is 4.98 Å². The van der Waals surface area contributed by atoms with Crippen LogP contribution in [0.15, 0.2) is 30.5 Å². The van der Waals surface area contributed by atoms with Crippen molar-refractivity contribution < 1.29 is 8.78 Å². The summed E-state index contributed by atoms with van der Waals surface area (Å²) in [4.78, 5) is 3.06. The van der Waals surface area contributed by atoms with Crippen LogP contribution in [0, 0.1) is 0 Å². The van der Waals surface area contributed by atoms with Gasteiger partial charge in [-0.25, -0.2) is 8.78 Å². The zero-order valence-electron chi connectivity index (χ0n) is 8.63. The summed E-state index contributed by atoms with van der Waals surface area (Å²) in [6.45, 7) is 0. The van der Waals surface area contributed by atoms with Gasteiger partial charge in [-0.15, -0.1) is 0 Å². The molecule has 0 bridgehead atoms. The highest BCUT2D eigenvalue weighted by Crippen LogP contribution is 2.50. The van der Waals surface area contributed by atoms with Crippen molar-refractivity contribution >= 4 is 10.9 Å². The van der Waals surface area contributed by atoms with E-state index >= 15 is 0 Å². The van der Waals surface area contributed by atoms with Gasteiger partial charge in [0.25, 0.3) is 5.92 Å². The maximum atomic E-state index is 13.0. The van der Waals surface area contributed by atoms with Crippen LogP contribution in [0.4, 0.5) is 8.78 Å². The zero-order valence-corrected chi connectivity index (χ0v) is 8.63. The molecule has 2 nitrogen and oxygen atoms in total. The summed E-state index contributed by atoms with van der Waals surface area (Å²) in [6, 6.07) is 7.54. The molecule has 1 fully saturated rings. The highest BCUT2D eigenvalue weighted by atomic mass is 19.3. The van der Waals surface area contributed by atoms with Crippen LogP contribution < -0.4 is 5.73 Å². The number of hydrogen-bond donors (Lipinski definition) is 2. The average Bonchev–Trinajstić information content (AvgIpc) is 2.60. The second-order valence-electron chi connectivity index (χ2n) is 4.61. The molecule has 1 aliphatic rings. The molecule has 1 heterocycles. The second-order valence-corrected chi connectivity index (χ2v) is 4.61. The Morgan fingerprint density at radius 3 is 2.62 bits per heavy atom. The monoisotopic (exact) mass is 222 g/mol. The Balaban J connectivity index is 2.10. The van der Waals surface area contributed by atoms with E-state index in [9.17, 15) is 8.78 Å². The molecule has 4 heteroatoms. The Hall–Kier alpha value is -1.42. The smallest absolute Gasteiger partial charge is 0.252 e. The van der Waals surface area contributed by atoms with Crippen LogP contribution in [0.1, 0.15) is 18.4 Å². The number of aromatic amines is 1. The summed E-state index contributed by atoms with van der Waals surface area (Å²) >= 11 is 0. The number of rotatable bonds is 1. The molecule has 0 radical (unpaired) electrons. The number of aromatic nitrogens is 1. The maximum Gasteiger partial charge on any atom is 0.252 e. The minimum absolute atomic E-state index is 0.266. The average molecular weight is 222 g/mol. The number of nitrogens with one attached hydrogen (secondary N) is 1. The summed E-state index contributed by atoms with van der Waals surface area (Å²) in [7, 11) is 0. The number of nitrogens with two attached hydrogens (primary N) is 1. The summed E-state index contributed by atoms with van der Waals surface area (Å²) in [6.07, 6.45) is 1.27. The molecule has 0 amide bonds. The number of para-hydroxylation sites is 1. The van der Waals surface area contributed by atoms with Crippen LogP contribution in [0.25, 0.3) is 10.9 Å². The van der Waals surface area contributed by atoms with E-state index in [-0.39, 0.29) is 12.8 Å². The molecular weight excluding hydrogens is 210 g/mol. The van der Waals surface area contributed by atoms with Crippen LogP contribution in [-0.4, -0.2) is 10.9 Å². The summed E-state index contributed by atoms with van der Waals surface area (Å²) in [5.74, 6) is -2.61. The highest BCUT2D eigenvalue weighted by molar-refractivity contribution is 5.83. The first-order valence-corrected chi connectivity index (χ1v) is 5.24. The van der Waals surface area contributed by atoms with Crippen molar-refractivity contribution in [3.8, 4) is 0 Å². The molecule has 2 aromatic rings. The van der Waals surface area contributed by atoms with Gasteiger partial charge in [0.2, 0.25) is 0 Å². The summed E-state index contributed by atoms with van der Waals surface area (Å²) in [5, 5.41) is 1.01. The number of halogens is 2. The second kappa shape index (κ2) is 2.83. The van der Waals surface area contributed by atoms with Crippen molar-refractivity contribution in [3.63, 3.8) is 0 Å². The number of H-pyrrole nitrogens is 1. The van der Waals surface area contributed by atoms with E-state index in [2.05, 4.69) is 4.98 Å². The number of alkyl halides is 2. The summed E-state index contributed by atoms with van der Waals surface area (Å²) in [5.41, 5.74) is 6.81. The van der Waals surface area contributed by atoms with E-state index in [0.717, 1.165) is 16.5 Å². The Labute approximate surface area is 91.4 Å². The molecule has 84 valence electrons. The van der Waals surface area contributed by atoms with Gasteiger partial charge >= 0.3 is 0 Å². The molecule has 0 aliphatic heterocycles. The molecule has 3 rings (SSSR count). The van der Waals surface area contributed by atoms with Crippen LogP contribution >= 0.6 is 0 Å². The molecular formula is C12H12F2N2. The van der Waals surface area contributed by atoms with Crippen LogP contribution in [0.5, 0.6) is 0 Å². The lowest BCUT2D eigenvalue weighted by Gasteiger charge is -2.45. The molecule has 0 atom stereocenters. The van der Waals surface area contributed by atoms with Crippen LogP contribution in [0.2, 0.25) is 0 Å². The minimum Gasteiger partial charge on any atom is -0.361 e. The molecule has 1 saturated carbocycles. The van der Waals surface area contributed by atoms with Gasteiger partial charge in [-0.1, -0.05) is 18.2 Å². The quantitative estimate of drug-likeness (QED) is 0.765. The molecule has 1 aliphatic carbocycles. The van der Waals surface area contributed by atoms with E-state index < -0.39 is 11.5 Å². The Morgan fingerprint density at radius 2 is 1.94 bits per heavy atom. The lowest BCUT2D eigenvalue weighted by molar-refractivity contribution is -0.124. The van der Waals surface area contributed by atoms with Crippen LogP contribution in [0.3, 0.4) is 0 Å². The Morgan fingerprint density at radius 1 is 1.19 bits per heavy atom. The minimum atomic E-state index is -2.61. The van der Waals surface area contributed by atoms with Gasteiger partial charge in [-0.2, -0.15) is 0 Å². The molecule has 0 spiro atoms. The molecule has 0 saturated heterocycles. The maximum absolute atomic E-state index is 13.0. The third-order valence-electron chi connectivity index (χ3n) is 3.27. The lowest BCUT2D eigenvalue weighted by atomic mass is 9.69. The first-order valence-electron chi connectivity index (χ1n) is 5.24. The van der Waals surface area contributed by atoms with E-state index in [1.54, 1.807) is 6.20 Å². The predicted octanol–water partition coefficient (Wildman–Crippen LogP) is 2.75. The van der Waals surface area contributed by atoms with Crippen molar-refractivity contribution in [3.05, 3.63) is 36.0 Å². The van der Waals surface area contributed by atoms with Gasteiger partial charge in [-0.3, -0.25) is 0 Å². The number of hydrogen-bond acceptors (Lipinski definition) is 1. The third kappa shape index (κ3) is 1.26. The number of fused-ring (bicyclic) bond motifs is 1. The van der Waals surface area contributed by atoms with Crippen molar-refractivity contribution in [2.45, 2.75) is 24.3 Å². The molecule has 0 unspecified atom stereocenters. The summed E-state index contributed by atoms with van der Waals surface area (Å²) < 4.78 is 25.9. The fraction of sp³-hybridized carbons (Fsp3) is 0.333. The van der Waals surface area contributed by atoms with Crippen LogP contribution in [-0.2, 0) is 5.54 Å². The zero-order chi connectivity index (χ0) is 11.4. The van der Waals surface area contributed by atoms with E-state index in [4.69, 9.17) is 5.73 Å². The highest BCUT2D eigenvalue weighted by Gasteiger charge is 2.55. The van der Waals surface area contributed by atoms with E-state index in [1.807, 2.05) is 24.3 Å². The molecule has 3 N–H and O–H groups in total. The van der Waals surface area contributed by atoms with E-state index in [0.29, 0.717) is 0 Å². The van der Waals surface area contributed by atoms with Gasteiger partial charge < -0.3 is 10.7 Å². The standard InChI is InChI=1S/C12H12F2N2/c13-12(14)6-11(15,7-12)9-3-1-2-8-4-5-16-10(8)9/h1-5,16H,6-7,15H2. The number of benzene rings is 1. The molecule has 1 aromatic heterocycles. The fourth-order valence-electron chi connectivity index (χ4n) is 2.56. The predicted molar refractivity (Wildman–Crippen MR) is 58.3 cm³/mol. The van der Waals surface area contributed by atoms with E-state index in [1.165, 1.54) is 0 Å². The molecule has 1 aromatic carbocycles. The van der Waals surface area contributed by atoms with Crippen molar-refractivity contribution in [2.75, 3.05) is 0 Å². The largest absolute Gasteiger partial charge is 0.361 e. The van der Waals surface area contributed by atoms with Gasteiger partial charge in [0.1, 0.15) is 0 Å². The lowest BCUT2D eigenvalue weighted by Crippen LogP contribution is -2.55. The third-order valence-corrected chi connectivity index (χ3v) is 3.27. The van der Waals surface area contributed by atoms with Crippen molar-refractivity contribution in [2.24, 2.45) is 5.73 Å². The van der Waals surface area contributed by atoms with Gasteiger partial charge in [-0.05, 0) is 17.0 Å². The SMILES string of the molecule is NC1(c2cccc3cc[nH]c23)CC(F)(F)C1.